The lowest BCUT2D eigenvalue weighted by Crippen LogP contribution is -2.37. The average molecular weight is 386 g/mol. The predicted octanol–water partition coefficient (Wildman–Crippen LogP) is 0.734. The summed E-state index contributed by atoms with van der Waals surface area (Å²) in [6, 6.07) is 0. The summed E-state index contributed by atoms with van der Waals surface area (Å²) in [6.45, 7) is 3.13. The smallest absolute Gasteiger partial charge is 0.350 e. The number of carbonyl (C=O) groups excluding carboxylic acids is 1. The lowest BCUT2D eigenvalue weighted by molar-refractivity contribution is -0.121. The van der Waals surface area contributed by atoms with Crippen LogP contribution in [0.2, 0.25) is 0 Å². The van der Waals surface area contributed by atoms with Crippen molar-refractivity contribution < 1.29 is 9.53 Å². The van der Waals surface area contributed by atoms with Crippen LogP contribution in [0.15, 0.2) is 28.8 Å². The highest BCUT2D eigenvalue weighted by Crippen LogP contribution is 2.19. The van der Waals surface area contributed by atoms with Crippen molar-refractivity contribution in [2.45, 2.75) is 38.6 Å². The van der Waals surface area contributed by atoms with Gasteiger partial charge in [0.15, 0.2) is 5.82 Å². The highest BCUT2D eigenvalue weighted by atomic mass is 16.5. The molecule has 2 aromatic heterocycles. The number of rotatable bonds is 6. The van der Waals surface area contributed by atoms with Gasteiger partial charge in [-0.2, -0.15) is 0 Å². The van der Waals surface area contributed by atoms with Crippen LogP contribution in [0.4, 0.5) is 5.82 Å². The van der Waals surface area contributed by atoms with Gasteiger partial charge in [0, 0.05) is 32.0 Å². The number of nitrogens with one attached hydrogen (secondary N) is 1. The van der Waals surface area contributed by atoms with E-state index in [4.69, 9.17) is 4.74 Å². The maximum Gasteiger partial charge on any atom is 0.350 e. The predicted molar refractivity (Wildman–Crippen MR) is 104 cm³/mol. The van der Waals surface area contributed by atoms with E-state index in [1.54, 1.807) is 12.4 Å². The Labute approximate surface area is 163 Å². The van der Waals surface area contributed by atoms with Gasteiger partial charge in [-0.25, -0.2) is 18.9 Å². The number of hydrogen-bond acceptors (Lipinski definition) is 6. The van der Waals surface area contributed by atoms with Gasteiger partial charge in [-0.3, -0.25) is 4.79 Å². The molecule has 9 nitrogen and oxygen atoms in total. The molecule has 4 rings (SSSR count). The van der Waals surface area contributed by atoms with Crippen LogP contribution >= 0.6 is 0 Å². The van der Waals surface area contributed by atoms with Gasteiger partial charge in [-0.05, 0) is 32.1 Å². The molecule has 0 unspecified atom stereocenters. The molecule has 0 aromatic carbocycles. The van der Waals surface area contributed by atoms with E-state index in [9.17, 15) is 9.59 Å². The van der Waals surface area contributed by atoms with Crippen LogP contribution in [0, 0.1) is 0 Å². The molecule has 1 saturated heterocycles. The minimum atomic E-state index is -0.336. The van der Waals surface area contributed by atoms with E-state index in [1.165, 1.54) is 27.5 Å². The first kappa shape index (κ1) is 18.7. The molecular weight excluding hydrogens is 360 g/mol. The average Bonchev–Trinajstić information content (AvgIpc) is 3.05. The Kier molecular flexibility index (Phi) is 5.70. The monoisotopic (exact) mass is 386 g/mol. The molecule has 1 aliphatic heterocycles. The maximum absolute atomic E-state index is 12.6. The second-order valence-corrected chi connectivity index (χ2v) is 7.19. The molecule has 0 radical (unpaired) electrons. The maximum atomic E-state index is 12.6. The minimum Gasteiger partial charge on any atom is -0.378 e. The first-order valence-corrected chi connectivity index (χ1v) is 9.94. The number of aromatic nitrogens is 4. The van der Waals surface area contributed by atoms with Gasteiger partial charge in [0.1, 0.15) is 6.54 Å². The Balaban J connectivity index is 1.43. The molecule has 0 atom stereocenters. The third-order valence-electron chi connectivity index (χ3n) is 5.24. The molecule has 0 bridgehead atoms. The zero-order valence-electron chi connectivity index (χ0n) is 16.0. The van der Waals surface area contributed by atoms with Crippen LogP contribution in [0.5, 0.6) is 0 Å². The summed E-state index contributed by atoms with van der Waals surface area (Å²) in [5, 5.41) is 7.27. The molecule has 28 heavy (non-hydrogen) atoms. The molecule has 0 spiro atoms. The van der Waals surface area contributed by atoms with E-state index in [2.05, 4.69) is 21.5 Å². The van der Waals surface area contributed by atoms with Gasteiger partial charge in [0.2, 0.25) is 11.6 Å². The van der Waals surface area contributed by atoms with E-state index in [-0.39, 0.29) is 18.1 Å². The van der Waals surface area contributed by atoms with Gasteiger partial charge in [0.05, 0.1) is 13.2 Å². The van der Waals surface area contributed by atoms with Crippen molar-refractivity contribution in [3.8, 4) is 0 Å². The van der Waals surface area contributed by atoms with Gasteiger partial charge in [0.25, 0.3) is 0 Å². The normalized spacial score (nSPS) is 17.6. The van der Waals surface area contributed by atoms with E-state index in [0.29, 0.717) is 44.3 Å². The van der Waals surface area contributed by atoms with Crippen LogP contribution in [0.1, 0.15) is 32.1 Å². The summed E-state index contributed by atoms with van der Waals surface area (Å²) in [5.74, 6) is 0.439. The van der Waals surface area contributed by atoms with E-state index >= 15 is 0 Å². The SMILES string of the molecule is O=C(Cn1nc2c(N3CCOCC3)nccn2c1=O)NCCC1=CCCCC1. The summed E-state index contributed by atoms with van der Waals surface area (Å²) in [7, 11) is 0. The van der Waals surface area contributed by atoms with Crippen molar-refractivity contribution in [2.75, 3.05) is 37.7 Å². The number of morpholine rings is 1. The Morgan fingerprint density at radius 2 is 2.11 bits per heavy atom. The Morgan fingerprint density at radius 3 is 2.89 bits per heavy atom. The number of allylic oxidation sites excluding steroid dienone is 1. The standard InChI is InChI=1S/C19H26N6O3/c26-16(20-7-6-15-4-2-1-3-5-15)14-25-19(27)24-9-8-21-17(18(24)22-25)23-10-12-28-13-11-23/h4,8-9H,1-3,5-7,10-14H2,(H,20,26). The number of amides is 1. The lowest BCUT2D eigenvalue weighted by atomic mass is 9.97. The first-order chi connectivity index (χ1) is 13.7. The molecule has 2 aromatic rings. The molecule has 1 N–H and O–H groups in total. The zero-order chi connectivity index (χ0) is 19.3. The van der Waals surface area contributed by atoms with Crippen molar-refractivity contribution in [2.24, 2.45) is 0 Å². The highest BCUT2D eigenvalue weighted by molar-refractivity contribution is 5.75. The number of ether oxygens (including phenoxy) is 1. The molecule has 2 aliphatic rings. The van der Waals surface area contributed by atoms with Crippen molar-refractivity contribution in [3.05, 3.63) is 34.5 Å². The van der Waals surface area contributed by atoms with Gasteiger partial charge in [-0.15, -0.1) is 5.10 Å². The second-order valence-electron chi connectivity index (χ2n) is 7.19. The van der Waals surface area contributed by atoms with Crippen LogP contribution in [0.25, 0.3) is 5.65 Å². The molecule has 150 valence electrons. The van der Waals surface area contributed by atoms with Crippen molar-refractivity contribution in [3.63, 3.8) is 0 Å². The number of carbonyl (C=O) groups is 1. The fourth-order valence-electron chi connectivity index (χ4n) is 3.72. The number of fused-ring (bicyclic) bond motifs is 1. The quantitative estimate of drug-likeness (QED) is 0.736. The molecule has 1 aliphatic carbocycles. The topological polar surface area (TPSA) is 93.8 Å². The van der Waals surface area contributed by atoms with Crippen molar-refractivity contribution in [1.82, 2.24) is 24.5 Å². The first-order valence-electron chi connectivity index (χ1n) is 9.94. The summed E-state index contributed by atoms with van der Waals surface area (Å²) < 4.78 is 8.02. The number of nitrogens with zero attached hydrogens (tertiary/aromatic N) is 5. The fourth-order valence-corrected chi connectivity index (χ4v) is 3.72. The summed E-state index contributed by atoms with van der Waals surface area (Å²) in [6.07, 6.45) is 11.1. The van der Waals surface area contributed by atoms with E-state index in [0.717, 1.165) is 19.3 Å². The lowest BCUT2D eigenvalue weighted by Gasteiger charge is -2.27. The Bertz CT molecular complexity index is 925. The molecule has 0 saturated carbocycles. The molecule has 1 amide bonds. The van der Waals surface area contributed by atoms with Gasteiger partial charge < -0.3 is 15.0 Å². The van der Waals surface area contributed by atoms with E-state index < -0.39 is 0 Å². The van der Waals surface area contributed by atoms with E-state index in [1.807, 2.05) is 4.90 Å². The molecule has 3 heterocycles. The summed E-state index contributed by atoms with van der Waals surface area (Å²) in [4.78, 5) is 31.4. The third-order valence-corrected chi connectivity index (χ3v) is 5.24. The largest absolute Gasteiger partial charge is 0.378 e. The highest BCUT2D eigenvalue weighted by Gasteiger charge is 2.20. The summed E-state index contributed by atoms with van der Waals surface area (Å²) in [5.41, 5.74) is 1.55. The number of anilines is 1. The van der Waals surface area contributed by atoms with Crippen LogP contribution < -0.4 is 15.9 Å². The minimum absolute atomic E-state index is 0.0951. The van der Waals surface area contributed by atoms with Gasteiger partial charge in [-0.1, -0.05) is 11.6 Å². The van der Waals surface area contributed by atoms with Crippen LogP contribution in [-0.4, -0.2) is 57.9 Å². The Hall–Kier alpha value is -2.68. The Morgan fingerprint density at radius 1 is 1.25 bits per heavy atom. The van der Waals surface area contributed by atoms with Crippen LogP contribution in [-0.2, 0) is 16.1 Å². The molecular formula is C19H26N6O3. The van der Waals surface area contributed by atoms with Gasteiger partial charge >= 0.3 is 5.69 Å². The zero-order valence-corrected chi connectivity index (χ0v) is 16.0. The van der Waals surface area contributed by atoms with Crippen molar-refractivity contribution in [1.29, 1.82) is 0 Å². The number of hydrogen-bond donors (Lipinski definition) is 1. The second kappa shape index (κ2) is 8.55. The fraction of sp³-hybridized carbons (Fsp3) is 0.579. The molecule has 1 fully saturated rings. The molecule has 9 heteroatoms. The van der Waals surface area contributed by atoms with Crippen LogP contribution in [0.3, 0.4) is 0 Å². The van der Waals surface area contributed by atoms with Crippen molar-refractivity contribution >= 4 is 17.4 Å². The third kappa shape index (κ3) is 4.09. The summed E-state index contributed by atoms with van der Waals surface area (Å²) >= 11 is 0.